The molecule has 170 valence electrons. The van der Waals surface area contributed by atoms with Gasteiger partial charge in [-0.15, -0.1) is 0 Å². The second kappa shape index (κ2) is 11.3. The lowest BCUT2D eigenvalue weighted by Crippen LogP contribution is -2.47. The van der Waals surface area contributed by atoms with Crippen molar-refractivity contribution in [1.82, 2.24) is 14.7 Å². The Labute approximate surface area is 194 Å². The number of piperidine rings is 1. The first-order valence-corrected chi connectivity index (χ1v) is 11.7. The molecule has 2 aliphatic rings. The van der Waals surface area contributed by atoms with Gasteiger partial charge in [-0.1, -0.05) is 29.3 Å². The highest BCUT2D eigenvalue weighted by atomic mass is 35.5. The Bertz CT molecular complexity index is 817. The first-order chi connectivity index (χ1) is 14.8. The van der Waals surface area contributed by atoms with E-state index in [-0.39, 0.29) is 24.0 Å². The van der Waals surface area contributed by atoms with E-state index in [2.05, 4.69) is 11.8 Å². The molecular weight excluding hydrogens is 437 g/mol. The standard InChI is InChI=1S/C23H31Cl2N3O3/c1-17-21(29)4-2-10-26(17)11-3-12-27-14-15-28(13-9-23(27)31)22(30)8-6-18-5-7-19(24)20(25)16-18/h5-8,16-17,21,29H,2-4,9-15H2,1H3/t17-,21+/m1/s1. The lowest BCUT2D eigenvalue weighted by Gasteiger charge is -2.37. The molecule has 8 heteroatoms. The van der Waals surface area contributed by atoms with Crippen LogP contribution in [0.15, 0.2) is 24.3 Å². The van der Waals surface area contributed by atoms with Crippen molar-refractivity contribution < 1.29 is 14.7 Å². The van der Waals surface area contributed by atoms with E-state index in [1.807, 2.05) is 4.90 Å². The third-order valence-electron chi connectivity index (χ3n) is 6.21. The number of nitrogens with zero attached hydrogens (tertiary/aromatic N) is 3. The zero-order valence-corrected chi connectivity index (χ0v) is 19.5. The van der Waals surface area contributed by atoms with Crippen molar-refractivity contribution in [2.24, 2.45) is 0 Å². The van der Waals surface area contributed by atoms with Crippen LogP contribution in [0.1, 0.15) is 38.2 Å². The number of likely N-dealkylation sites (tertiary alicyclic amines) is 1. The van der Waals surface area contributed by atoms with Crippen LogP contribution in [0.5, 0.6) is 0 Å². The molecule has 0 spiro atoms. The first kappa shape index (κ1) is 24.1. The summed E-state index contributed by atoms with van der Waals surface area (Å²) in [5.74, 6) is -0.0210. The molecule has 1 aromatic carbocycles. The number of aliphatic hydroxyl groups is 1. The summed E-state index contributed by atoms with van der Waals surface area (Å²) in [6.07, 6.45) is 6.06. The van der Waals surface area contributed by atoms with Crippen molar-refractivity contribution in [2.45, 2.75) is 44.8 Å². The number of benzene rings is 1. The fourth-order valence-electron chi connectivity index (χ4n) is 4.18. The Balaban J connectivity index is 1.47. The van der Waals surface area contributed by atoms with Gasteiger partial charge in [-0.2, -0.15) is 0 Å². The highest BCUT2D eigenvalue weighted by Crippen LogP contribution is 2.23. The summed E-state index contributed by atoms with van der Waals surface area (Å²) in [5.41, 5.74) is 0.798. The van der Waals surface area contributed by atoms with E-state index in [0.29, 0.717) is 42.6 Å². The van der Waals surface area contributed by atoms with Gasteiger partial charge in [0.1, 0.15) is 0 Å². The molecule has 0 unspecified atom stereocenters. The molecule has 0 bridgehead atoms. The van der Waals surface area contributed by atoms with E-state index in [0.717, 1.165) is 37.9 Å². The fourth-order valence-corrected chi connectivity index (χ4v) is 4.49. The van der Waals surface area contributed by atoms with Crippen LogP contribution in [-0.4, -0.2) is 83.0 Å². The maximum atomic E-state index is 12.6. The zero-order valence-electron chi connectivity index (χ0n) is 18.0. The van der Waals surface area contributed by atoms with Gasteiger partial charge < -0.3 is 14.9 Å². The highest BCUT2D eigenvalue weighted by molar-refractivity contribution is 6.42. The molecule has 2 fully saturated rings. The normalized spacial score (nSPS) is 23.4. The molecule has 3 rings (SSSR count). The van der Waals surface area contributed by atoms with E-state index >= 15 is 0 Å². The molecular formula is C23H31Cl2N3O3. The van der Waals surface area contributed by atoms with Crippen LogP contribution in [0.4, 0.5) is 0 Å². The minimum absolute atomic E-state index is 0.0930. The lowest BCUT2D eigenvalue weighted by molar-refractivity contribution is -0.130. The van der Waals surface area contributed by atoms with Gasteiger partial charge in [0.05, 0.1) is 16.1 Å². The van der Waals surface area contributed by atoms with E-state index in [1.165, 1.54) is 6.08 Å². The number of carbonyl (C=O) groups is 2. The van der Waals surface area contributed by atoms with Gasteiger partial charge in [0.25, 0.3) is 0 Å². The van der Waals surface area contributed by atoms with E-state index in [4.69, 9.17) is 23.2 Å². The number of amides is 2. The van der Waals surface area contributed by atoms with Gasteiger partial charge in [0.2, 0.25) is 11.8 Å². The van der Waals surface area contributed by atoms with E-state index in [9.17, 15) is 14.7 Å². The van der Waals surface area contributed by atoms with Crippen molar-refractivity contribution in [2.75, 3.05) is 39.3 Å². The Morgan fingerprint density at radius 3 is 2.74 bits per heavy atom. The maximum Gasteiger partial charge on any atom is 0.246 e. The van der Waals surface area contributed by atoms with Crippen LogP contribution in [0.25, 0.3) is 6.08 Å². The monoisotopic (exact) mass is 467 g/mol. The molecule has 0 aromatic heterocycles. The summed E-state index contributed by atoms with van der Waals surface area (Å²) in [6, 6.07) is 5.38. The van der Waals surface area contributed by atoms with Crippen LogP contribution >= 0.6 is 23.2 Å². The summed E-state index contributed by atoms with van der Waals surface area (Å²) in [7, 11) is 0. The van der Waals surface area contributed by atoms with Gasteiger partial charge >= 0.3 is 0 Å². The third kappa shape index (κ3) is 6.69. The quantitative estimate of drug-likeness (QED) is 0.651. The zero-order chi connectivity index (χ0) is 22.4. The molecule has 1 aromatic rings. The van der Waals surface area contributed by atoms with Crippen LogP contribution in [0.3, 0.4) is 0 Å². The van der Waals surface area contributed by atoms with Crippen LogP contribution in [0.2, 0.25) is 10.0 Å². The largest absolute Gasteiger partial charge is 0.392 e. The van der Waals surface area contributed by atoms with Gasteiger partial charge in [-0.3, -0.25) is 14.5 Å². The van der Waals surface area contributed by atoms with Crippen LogP contribution in [0, 0.1) is 0 Å². The number of hydrogen-bond donors (Lipinski definition) is 1. The molecule has 2 atom stereocenters. The minimum atomic E-state index is -0.259. The third-order valence-corrected chi connectivity index (χ3v) is 6.95. The average Bonchev–Trinajstić information content (AvgIpc) is 2.93. The summed E-state index contributed by atoms with van der Waals surface area (Å²) >= 11 is 11.9. The van der Waals surface area contributed by atoms with Gasteiger partial charge in [0.15, 0.2) is 0 Å². The van der Waals surface area contributed by atoms with Crippen molar-refractivity contribution in [1.29, 1.82) is 0 Å². The molecule has 0 aliphatic carbocycles. The molecule has 31 heavy (non-hydrogen) atoms. The SMILES string of the molecule is C[C@@H]1[C@@H](O)CCCN1CCCN1CCN(C(=O)C=Cc2ccc(Cl)c(Cl)c2)CCC1=O. The molecule has 2 heterocycles. The predicted molar refractivity (Wildman–Crippen MR) is 124 cm³/mol. The first-order valence-electron chi connectivity index (χ1n) is 11.0. The Kier molecular flexibility index (Phi) is 8.78. The molecule has 2 aliphatic heterocycles. The van der Waals surface area contributed by atoms with Crippen LogP contribution in [-0.2, 0) is 9.59 Å². The topological polar surface area (TPSA) is 64.1 Å². The summed E-state index contributed by atoms with van der Waals surface area (Å²) in [4.78, 5) is 31.0. The Morgan fingerprint density at radius 2 is 1.97 bits per heavy atom. The molecule has 0 saturated carbocycles. The smallest absolute Gasteiger partial charge is 0.246 e. The van der Waals surface area contributed by atoms with Crippen molar-refractivity contribution in [3.63, 3.8) is 0 Å². The summed E-state index contributed by atoms with van der Waals surface area (Å²) in [6.45, 7) is 6.11. The molecule has 0 radical (unpaired) electrons. The molecule has 6 nitrogen and oxygen atoms in total. The summed E-state index contributed by atoms with van der Waals surface area (Å²) < 4.78 is 0. The predicted octanol–water partition coefficient (Wildman–Crippen LogP) is 3.30. The second-order valence-corrected chi connectivity index (χ2v) is 9.12. The Hall–Kier alpha value is -1.60. The van der Waals surface area contributed by atoms with Crippen LogP contribution < -0.4 is 0 Å². The number of hydrogen-bond acceptors (Lipinski definition) is 4. The number of aliphatic hydroxyl groups excluding tert-OH is 1. The highest BCUT2D eigenvalue weighted by Gasteiger charge is 2.26. The lowest BCUT2D eigenvalue weighted by atomic mass is 10.0. The fraction of sp³-hybridized carbons (Fsp3) is 0.565. The van der Waals surface area contributed by atoms with Crippen molar-refractivity contribution in [3.05, 3.63) is 39.9 Å². The van der Waals surface area contributed by atoms with Crippen molar-refractivity contribution >= 4 is 41.1 Å². The molecule has 1 N–H and O–H groups in total. The molecule has 2 saturated heterocycles. The van der Waals surface area contributed by atoms with E-state index < -0.39 is 0 Å². The second-order valence-electron chi connectivity index (χ2n) is 8.30. The van der Waals surface area contributed by atoms with Gasteiger partial charge in [-0.05, 0) is 56.5 Å². The summed E-state index contributed by atoms with van der Waals surface area (Å²) in [5, 5.41) is 11.0. The Morgan fingerprint density at radius 1 is 1.16 bits per heavy atom. The number of rotatable bonds is 6. The average molecular weight is 468 g/mol. The number of carbonyl (C=O) groups excluding carboxylic acids is 2. The maximum absolute atomic E-state index is 12.6. The van der Waals surface area contributed by atoms with Gasteiger partial charge in [-0.25, -0.2) is 0 Å². The van der Waals surface area contributed by atoms with Gasteiger partial charge in [0, 0.05) is 51.3 Å². The van der Waals surface area contributed by atoms with E-state index in [1.54, 1.807) is 29.2 Å². The number of halogens is 2. The van der Waals surface area contributed by atoms with Crippen molar-refractivity contribution in [3.8, 4) is 0 Å². The minimum Gasteiger partial charge on any atom is -0.392 e. The molecule has 2 amide bonds.